The number of ether oxygens (including phenoxy) is 1. The summed E-state index contributed by atoms with van der Waals surface area (Å²) in [7, 11) is 1.68. The number of nitrogens with one attached hydrogen (secondary N) is 1. The fourth-order valence-electron chi connectivity index (χ4n) is 1.64. The van der Waals surface area contributed by atoms with Crippen LogP contribution in [0.3, 0.4) is 0 Å². The number of hydrogen-bond donors (Lipinski definition) is 1. The van der Waals surface area contributed by atoms with Crippen molar-refractivity contribution in [1.82, 2.24) is 4.98 Å². The smallest absolute Gasteiger partial charge is 0.125 e. The largest absolute Gasteiger partial charge is 0.497 e. The number of anilines is 1. The summed E-state index contributed by atoms with van der Waals surface area (Å²) in [5.74, 6) is 1.72. The third kappa shape index (κ3) is 3.64. The molecule has 1 heterocycles. The minimum absolute atomic E-state index is 0.647. The van der Waals surface area contributed by atoms with E-state index >= 15 is 0 Å². The molecular weight excluding hydrogens is 248 g/mol. The second kappa shape index (κ2) is 6.26. The van der Waals surface area contributed by atoms with Crippen molar-refractivity contribution in [2.75, 3.05) is 19.0 Å². The summed E-state index contributed by atoms with van der Waals surface area (Å²) in [6.45, 7) is 0.821. The second-order valence-electron chi connectivity index (χ2n) is 3.89. The van der Waals surface area contributed by atoms with Crippen molar-refractivity contribution in [3.63, 3.8) is 0 Å². The zero-order chi connectivity index (χ0) is 12.8. The first-order valence-corrected chi connectivity index (χ1v) is 6.14. The Morgan fingerprint density at radius 1 is 1.28 bits per heavy atom. The lowest BCUT2D eigenvalue weighted by Gasteiger charge is -2.06. The molecule has 1 aromatic carbocycles. The quantitative estimate of drug-likeness (QED) is 0.897. The first-order chi connectivity index (χ1) is 8.78. The van der Waals surface area contributed by atoms with Gasteiger partial charge in [0, 0.05) is 12.7 Å². The van der Waals surface area contributed by atoms with E-state index in [4.69, 9.17) is 16.3 Å². The molecule has 94 valence electrons. The van der Waals surface area contributed by atoms with Gasteiger partial charge in [-0.2, -0.15) is 0 Å². The van der Waals surface area contributed by atoms with Gasteiger partial charge in [0.05, 0.1) is 12.1 Å². The predicted molar refractivity (Wildman–Crippen MR) is 74.4 cm³/mol. The fraction of sp³-hybridized carbons (Fsp3) is 0.214. The van der Waals surface area contributed by atoms with Crippen molar-refractivity contribution in [3.8, 4) is 5.75 Å². The van der Waals surface area contributed by atoms with E-state index in [1.165, 1.54) is 5.56 Å². The molecule has 3 nitrogen and oxygen atoms in total. The van der Waals surface area contributed by atoms with Gasteiger partial charge in [0.2, 0.25) is 0 Å². The highest BCUT2D eigenvalue weighted by Crippen LogP contribution is 2.13. The van der Waals surface area contributed by atoms with Gasteiger partial charge in [-0.1, -0.05) is 23.7 Å². The van der Waals surface area contributed by atoms with Crippen molar-refractivity contribution in [3.05, 3.63) is 53.2 Å². The molecule has 0 aliphatic heterocycles. The molecule has 2 rings (SSSR count). The summed E-state index contributed by atoms with van der Waals surface area (Å²) in [5.41, 5.74) is 1.23. The van der Waals surface area contributed by atoms with Crippen LogP contribution in [0.2, 0.25) is 5.02 Å². The molecule has 0 fully saturated rings. The molecule has 18 heavy (non-hydrogen) atoms. The summed E-state index contributed by atoms with van der Waals surface area (Å²) >= 11 is 5.77. The zero-order valence-corrected chi connectivity index (χ0v) is 10.9. The minimum Gasteiger partial charge on any atom is -0.497 e. The molecule has 0 saturated heterocycles. The molecule has 1 N–H and O–H groups in total. The summed E-state index contributed by atoms with van der Waals surface area (Å²) < 4.78 is 5.19. The molecule has 0 aliphatic rings. The van der Waals surface area contributed by atoms with E-state index in [1.54, 1.807) is 13.3 Å². The standard InChI is InChI=1S/C14H15ClN2O/c1-18-13-4-2-3-11(9-13)7-8-16-14-6-5-12(15)10-17-14/h2-6,9-10H,7-8H2,1H3,(H,16,17). The monoisotopic (exact) mass is 262 g/mol. The van der Waals surface area contributed by atoms with Crippen LogP contribution in [0.5, 0.6) is 5.75 Å². The van der Waals surface area contributed by atoms with Crippen LogP contribution in [0, 0.1) is 0 Å². The van der Waals surface area contributed by atoms with E-state index in [1.807, 2.05) is 30.3 Å². The van der Waals surface area contributed by atoms with Gasteiger partial charge in [-0.15, -0.1) is 0 Å². The molecule has 0 bridgehead atoms. The van der Waals surface area contributed by atoms with Gasteiger partial charge in [0.15, 0.2) is 0 Å². The maximum Gasteiger partial charge on any atom is 0.125 e. The Hall–Kier alpha value is -1.74. The number of benzene rings is 1. The first kappa shape index (κ1) is 12.7. The lowest BCUT2D eigenvalue weighted by molar-refractivity contribution is 0.414. The number of methoxy groups -OCH3 is 1. The fourth-order valence-corrected chi connectivity index (χ4v) is 1.76. The number of rotatable bonds is 5. The second-order valence-corrected chi connectivity index (χ2v) is 4.33. The summed E-state index contributed by atoms with van der Waals surface area (Å²) in [6.07, 6.45) is 2.55. The SMILES string of the molecule is COc1cccc(CCNc2ccc(Cl)cn2)c1. The Kier molecular flexibility index (Phi) is 4.42. The van der Waals surface area contributed by atoms with Crippen molar-refractivity contribution in [2.24, 2.45) is 0 Å². The van der Waals surface area contributed by atoms with E-state index in [9.17, 15) is 0 Å². The average molecular weight is 263 g/mol. The average Bonchev–Trinajstić information content (AvgIpc) is 2.41. The van der Waals surface area contributed by atoms with Crippen LogP contribution in [0.4, 0.5) is 5.82 Å². The minimum atomic E-state index is 0.647. The Balaban J connectivity index is 1.86. The number of hydrogen-bond acceptors (Lipinski definition) is 3. The van der Waals surface area contributed by atoms with E-state index in [0.29, 0.717) is 5.02 Å². The van der Waals surface area contributed by atoms with Gasteiger partial charge in [-0.3, -0.25) is 0 Å². The van der Waals surface area contributed by atoms with Gasteiger partial charge in [-0.05, 0) is 36.2 Å². The van der Waals surface area contributed by atoms with Crippen molar-refractivity contribution in [2.45, 2.75) is 6.42 Å². The van der Waals surface area contributed by atoms with Gasteiger partial charge in [-0.25, -0.2) is 4.98 Å². The molecule has 0 aliphatic carbocycles. The van der Waals surface area contributed by atoms with E-state index in [0.717, 1.165) is 24.5 Å². The van der Waals surface area contributed by atoms with Crippen LogP contribution < -0.4 is 10.1 Å². The zero-order valence-electron chi connectivity index (χ0n) is 10.2. The highest BCUT2D eigenvalue weighted by atomic mass is 35.5. The Bertz CT molecular complexity index is 499. The molecule has 0 saturated carbocycles. The lowest BCUT2D eigenvalue weighted by Crippen LogP contribution is -2.06. The first-order valence-electron chi connectivity index (χ1n) is 5.76. The van der Waals surface area contributed by atoms with Crippen LogP contribution in [-0.4, -0.2) is 18.6 Å². The summed E-state index contributed by atoms with van der Waals surface area (Å²) in [4.78, 5) is 4.18. The lowest BCUT2D eigenvalue weighted by atomic mass is 10.1. The highest BCUT2D eigenvalue weighted by Gasteiger charge is 1.97. The van der Waals surface area contributed by atoms with Crippen molar-refractivity contribution in [1.29, 1.82) is 0 Å². The molecule has 2 aromatic rings. The maximum absolute atomic E-state index is 5.77. The van der Waals surface area contributed by atoms with Gasteiger partial charge >= 0.3 is 0 Å². The van der Waals surface area contributed by atoms with Crippen molar-refractivity contribution >= 4 is 17.4 Å². The molecular formula is C14H15ClN2O. The van der Waals surface area contributed by atoms with E-state index < -0.39 is 0 Å². The normalized spacial score (nSPS) is 10.1. The van der Waals surface area contributed by atoms with Crippen LogP contribution >= 0.6 is 11.6 Å². The molecule has 0 atom stereocenters. The number of nitrogens with zero attached hydrogens (tertiary/aromatic N) is 1. The van der Waals surface area contributed by atoms with Crippen LogP contribution in [0.15, 0.2) is 42.6 Å². The molecule has 0 unspecified atom stereocenters. The topological polar surface area (TPSA) is 34.1 Å². The Morgan fingerprint density at radius 3 is 2.89 bits per heavy atom. The number of aromatic nitrogens is 1. The highest BCUT2D eigenvalue weighted by molar-refractivity contribution is 6.30. The van der Waals surface area contributed by atoms with Gasteiger partial charge in [0.1, 0.15) is 11.6 Å². The predicted octanol–water partition coefficient (Wildman–Crippen LogP) is 3.40. The van der Waals surface area contributed by atoms with E-state index in [2.05, 4.69) is 16.4 Å². The van der Waals surface area contributed by atoms with Crippen LogP contribution in [0.25, 0.3) is 0 Å². The number of pyridine rings is 1. The van der Waals surface area contributed by atoms with Crippen LogP contribution in [0.1, 0.15) is 5.56 Å². The summed E-state index contributed by atoms with van der Waals surface area (Å²) in [5, 5.41) is 3.89. The third-order valence-corrected chi connectivity index (χ3v) is 2.80. The molecule has 0 amide bonds. The Labute approximate surface area is 112 Å². The van der Waals surface area contributed by atoms with Gasteiger partial charge in [0.25, 0.3) is 0 Å². The third-order valence-electron chi connectivity index (χ3n) is 2.58. The molecule has 0 radical (unpaired) electrons. The maximum atomic E-state index is 5.77. The summed E-state index contributed by atoms with van der Waals surface area (Å²) in [6, 6.07) is 11.7. The molecule has 0 spiro atoms. The van der Waals surface area contributed by atoms with Crippen LogP contribution in [-0.2, 0) is 6.42 Å². The Morgan fingerprint density at radius 2 is 2.17 bits per heavy atom. The van der Waals surface area contributed by atoms with Crippen molar-refractivity contribution < 1.29 is 4.74 Å². The molecule has 4 heteroatoms. The van der Waals surface area contributed by atoms with E-state index in [-0.39, 0.29) is 0 Å². The number of halogens is 1. The molecule has 1 aromatic heterocycles. The van der Waals surface area contributed by atoms with Gasteiger partial charge < -0.3 is 10.1 Å².